The molecule has 84 valence electrons. The summed E-state index contributed by atoms with van der Waals surface area (Å²) in [6.07, 6.45) is 1.36. The number of aromatic hydroxyl groups is 1. The van der Waals surface area contributed by atoms with Crippen LogP contribution in [0.1, 0.15) is 24.4 Å². The Bertz CT molecular complexity index is 315. The van der Waals surface area contributed by atoms with Crippen molar-refractivity contribution < 1.29 is 14.9 Å². The fourth-order valence-electron chi connectivity index (χ4n) is 1.42. The Morgan fingerprint density at radius 2 is 2.20 bits per heavy atom. The molecule has 0 unspecified atom stereocenters. The summed E-state index contributed by atoms with van der Waals surface area (Å²) in [7, 11) is 1.50. The van der Waals surface area contributed by atoms with Crippen molar-refractivity contribution in [2.75, 3.05) is 13.7 Å². The lowest BCUT2D eigenvalue weighted by molar-refractivity contribution is 0.280. The first kappa shape index (κ1) is 11.8. The SMILES string of the molecule is COc1ccc([C@H](N)CCCO)cc1O. The first-order chi connectivity index (χ1) is 7.19. The van der Waals surface area contributed by atoms with Gasteiger partial charge in [0.1, 0.15) is 0 Å². The lowest BCUT2D eigenvalue weighted by atomic mass is 10.0. The van der Waals surface area contributed by atoms with Gasteiger partial charge >= 0.3 is 0 Å². The maximum atomic E-state index is 9.54. The van der Waals surface area contributed by atoms with Crippen molar-refractivity contribution in [3.63, 3.8) is 0 Å². The molecule has 0 amide bonds. The molecular weight excluding hydrogens is 194 g/mol. The van der Waals surface area contributed by atoms with Gasteiger partial charge in [0.2, 0.25) is 0 Å². The Labute approximate surface area is 89.3 Å². The lowest BCUT2D eigenvalue weighted by Gasteiger charge is -2.12. The standard InChI is InChI=1S/C11H17NO3/c1-15-11-5-4-8(7-10(11)14)9(12)3-2-6-13/h4-5,7,9,13-14H,2-3,6,12H2,1H3/t9-/m1/s1. The fraction of sp³-hybridized carbons (Fsp3) is 0.455. The molecule has 1 atom stereocenters. The van der Waals surface area contributed by atoms with Gasteiger partial charge in [-0.15, -0.1) is 0 Å². The van der Waals surface area contributed by atoms with Gasteiger partial charge in [-0.05, 0) is 30.5 Å². The molecule has 0 bridgehead atoms. The summed E-state index contributed by atoms with van der Waals surface area (Å²) in [6.45, 7) is 0.135. The van der Waals surface area contributed by atoms with E-state index in [-0.39, 0.29) is 18.4 Å². The Morgan fingerprint density at radius 1 is 1.47 bits per heavy atom. The zero-order valence-electron chi connectivity index (χ0n) is 8.81. The van der Waals surface area contributed by atoms with Crippen molar-refractivity contribution in [2.45, 2.75) is 18.9 Å². The van der Waals surface area contributed by atoms with E-state index in [9.17, 15) is 5.11 Å². The van der Waals surface area contributed by atoms with E-state index in [1.54, 1.807) is 12.1 Å². The van der Waals surface area contributed by atoms with Crippen LogP contribution in [0.15, 0.2) is 18.2 Å². The molecule has 15 heavy (non-hydrogen) atoms. The van der Waals surface area contributed by atoms with Gasteiger partial charge in [0.15, 0.2) is 11.5 Å². The van der Waals surface area contributed by atoms with Gasteiger partial charge in [-0.25, -0.2) is 0 Å². The third-order valence-electron chi connectivity index (χ3n) is 2.30. The van der Waals surface area contributed by atoms with Crippen LogP contribution >= 0.6 is 0 Å². The quantitative estimate of drug-likeness (QED) is 0.683. The molecule has 0 aliphatic carbocycles. The minimum atomic E-state index is -0.158. The van der Waals surface area contributed by atoms with Crippen LogP contribution in [-0.2, 0) is 0 Å². The highest BCUT2D eigenvalue weighted by atomic mass is 16.5. The number of phenols is 1. The molecule has 4 nitrogen and oxygen atoms in total. The molecular formula is C11H17NO3. The van der Waals surface area contributed by atoms with Gasteiger partial charge in [0, 0.05) is 12.6 Å². The molecule has 0 heterocycles. The second-order valence-corrected chi connectivity index (χ2v) is 3.40. The number of rotatable bonds is 5. The second kappa shape index (κ2) is 5.58. The van der Waals surface area contributed by atoms with Crippen molar-refractivity contribution in [1.29, 1.82) is 0 Å². The van der Waals surface area contributed by atoms with E-state index >= 15 is 0 Å². The molecule has 1 aromatic rings. The van der Waals surface area contributed by atoms with Crippen LogP contribution < -0.4 is 10.5 Å². The molecule has 0 fully saturated rings. The van der Waals surface area contributed by atoms with E-state index in [0.29, 0.717) is 18.6 Å². The van der Waals surface area contributed by atoms with Crippen LogP contribution in [0.4, 0.5) is 0 Å². The molecule has 0 aliphatic rings. The smallest absolute Gasteiger partial charge is 0.160 e. The highest BCUT2D eigenvalue weighted by Gasteiger charge is 2.08. The average Bonchev–Trinajstić information content (AvgIpc) is 2.25. The van der Waals surface area contributed by atoms with Crippen molar-refractivity contribution >= 4 is 0 Å². The van der Waals surface area contributed by atoms with E-state index in [4.69, 9.17) is 15.6 Å². The van der Waals surface area contributed by atoms with Gasteiger partial charge in [-0.3, -0.25) is 0 Å². The molecule has 0 saturated heterocycles. The van der Waals surface area contributed by atoms with Gasteiger partial charge < -0.3 is 20.7 Å². The molecule has 0 spiro atoms. The zero-order valence-corrected chi connectivity index (χ0v) is 8.81. The molecule has 4 heteroatoms. The zero-order chi connectivity index (χ0) is 11.3. The summed E-state index contributed by atoms with van der Waals surface area (Å²) in [5.41, 5.74) is 6.73. The molecule has 4 N–H and O–H groups in total. The fourth-order valence-corrected chi connectivity index (χ4v) is 1.42. The van der Waals surface area contributed by atoms with Gasteiger partial charge in [-0.1, -0.05) is 6.07 Å². The van der Waals surface area contributed by atoms with Gasteiger partial charge in [0.25, 0.3) is 0 Å². The first-order valence-corrected chi connectivity index (χ1v) is 4.92. The summed E-state index contributed by atoms with van der Waals surface area (Å²) < 4.78 is 4.93. The van der Waals surface area contributed by atoms with Crippen LogP contribution in [0, 0.1) is 0 Å². The third-order valence-corrected chi connectivity index (χ3v) is 2.30. The maximum Gasteiger partial charge on any atom is 0.160 e. The largest absolute Gasteiger partial charge is 0.504 e. The van der Waals surface area contributed by atoms with Crippen LogP contribution in [0.2, 0.25) is 0 Å². The average molecular weight is 211 g/mol. The molecule has 1 aromatic carbocycles. The van der Waals surface area contributed by atoms with Gasteiger partial charge in [-0.2, -0.15) is 0 Å². The van der Waals surface area contributed by atoms with E-state index < -0.39 is 0 Å². The predicted molar refractivity (Wildman–Crippen MR) is 57.9 cm³/mol. The minimum Gasteiger partial charge on any atom is -0.504 e. The number of phenolic OH excluding ortho intramolecular Hbond substituents is 1. The van der Waals surface area contributed by atoms with E-state index in [2.05, 4.69) is 0 Å². The molecule has 0 aromatic heterocycles. The van der Waals surface area contributed by atoms with Gasteiger partial charge in [0.05, 0.1) is 7.11 Å². The number of nitrogens with two attached hydrogens (primary N) is 1. The number of hydrogen-bond acceptors (Lipinski definition) is 4. The van der Waals surface area contributed by atoms with E-state index in [0.717, 1.165) is 5.56 Å². The van der Waals surface area contributed by atoms with Crippen LogP contribution in [0.3, 0.4) is 0 Å². The van der Waals surface area contributed by atoms with E-state index in [1.807, 2.05) is 6.07 Å². The molecule has 1 rings (SSSR count). The van der Waals surface area contributed by atoms with Crippen molar-refractivity contribution in [3.8, 4) is 11.5 Å². The van der Waals surface area contributed by atoms with Crippen molar-refractivity contribution in [2.24, 2.45) is 5.73 Å². The Morgan fingerprint density at radius 3 is 2.73 bits per heavy atom. The monoisotopic (exact) mass is 211 g/mol. The van der Waals surface area contributed by atoms with Crippen molar-refractivity contribution in [1.82, 2.24) is 0 Å². The number of hydrogen-bond donors (Lipinski definition) is 3. The summed E-state index contributed by atoms with van der Waals surface area (Å²) >= 11 is 0. The topological polar surface area (TPSA) is 75.7 Å². The summed E-state index contributed by atoms with van der Waals surface area (Å²) in [5, 5.41) is 18.2. The molecule has 0 saturated carbocycles. The third kappa shape index (κ3) is 3.11. The van der Waals surface area contributed by atoms with Crippen LogP contribution in [0.25, 0.3) is 0 Å². The predicted octanol–water partition coefficient (Wildman–Crippen LogP) is 1.17. The molecule has 0 aliphatic heterocycles. The number of methoxy groups -OCH3 is 1. The number of ether oxygens (including phenoxy) is 1. The Balaban J connectivity index is 2.73. The summed E-state index contributed by atoms with van der Waals surface area (Å²) in [6, 6.07) is 4.94. The summed E-state index contributed by atoms with van der Waals surface area (Å²) in [5.74, 6) is 0.530. The Hall–Kier alpha value is -1.26. The number of aliphatic hydroxyl groups excluding tert-OH is 1. The normalized spacial score (nSPS) is 12.5. The minimum absolute atomic E-state index is 0.0921. The first-order valence-electron chi connectivity index (χ1n) is 4.92. The van der Waals surface area contributed by atoms with E-state index in [1.165, 1.54) is 7.11 Å². The second-order valence-electron chi connectivity index (χ2n) is 3.40. The highest BCUT2D eigenvalue weighted by Crippen LogP contribution is 2.29. The lowest BCUT2D eigenvalue weighted by Crippen LogP contribution is -2.10. The van der Waals surface area contributed by atoms with Crippen LogP contribution in [-0.4, -0.2) is 23.9 Å². The number of benzene rings is 1. The maximum absolute atomic E-state index is 9.54. The van der Waals surface area contributed by atoms with Crippen molar-refractivity contribution in [3.05, 3.63) is 23.8 Å². The molecule has 0 radical (unpaired) electrons. The Kier molecular flexibility index (Phi) is 4.39. The van der Waals surface area contributed by atoms with Crippen LogP contribution in [0.5, 0.6) is 11.5 Å². The highest BCUT2D eigenvalue weighted by molar-refractivity contribution is 5.42. The summed E-state index contributed by atoms with van der Waals surface area (Å²) in [4.78, 5) is 0. The number of aliphatic hydroxyl groups is 1.